The molecule has 0 rings (SSSR count). The molecule has 0 aromatic carbocycles. The Labute approximate surface area is 174 Å². The van der Waals surface area contributed by atoms with E-state index in [1.165, 1.54) is 11.8 Å². The summed E-state index contributed by atoms with van der Waals surface area (Å²) in [5, 5.41) is 14.5. The lowest BCUT2D eigenvalue weighted by atomic mass is 10.1. The summed E-state index contributed by atoms with van der Waals surface area (Å²) in [5.74, 6) is -0.852. The molecular formula is C16H32N6O4S2. The van der Waals surface area contributed by atoms with Crippen LogP contribution in [0.4, 0.5) is 0 Å². The molecular weight excluding hydrogens is 404 g/mol. The summed E-state index contributed by atoms with van der Waals surface area (Å²) in [7, 11) is 0. The molecule has 0 aliphatic carbocycles. The van der Waals surface area contributed by atoms with E-state index in [0.717, 1.165) is 5.75 Å². The zero-order valence-corrected chi connectivity index (χ0v) is 18.0. The molecule has 3 unspecified atom stereocenters. The first kappa shape index (κ1) is 26.3. The van der Waals surface area contributed by atoms with Crippen LogP contribution in [0.1, 0.15) is 25.7 Å². The van der Waals surface area contributed by atoms with Gasteiger partial charge in [0, 0.05) is 6.54 Å². The number of carboxylic acids is 1. The second-order valence-electron chi connectivity index (χ2n) is 6.08. The zero-order valence-electron chi connectivity index (χ0n) is 16.3. The molecule has 0 aromatic rings. The fourth-order valence-corrected chi connectivity index (χ4v) is 3.15. The standard InChI is InChI=1S/C16H32N6O4S2/c1-27-8-5-10(17)13(23)21-11(6-9-28-2)14(24)22-12(15(25)26)4-3-7-20-16(18)19/h10-12H,3-9,17H2,1-2H3,(H,21,23)(H,22,24)(H,25,26)(H4,18,19,20). The highest BCUT2D eigenvalue weighted by molar-refractivity contribution is 7.98. The number of guanidine groups is 1. The lowest BCUT2D eigenvalue weighted by Crippen LogP contribution is -2.54. The second-order valence-corrected chi connectivity index (χ2v) is 8.05. The van der Waals surface area contributed by atoms with Gasteiger partial charge < -0.3 is 32.9 Å². The van der Waals surface area contributed by atoms with Crippen molar-refractivity contribution in [1.29, 1.82) is 0 Å². The number of amides is 2. The molecule has 12 heteroatoms. The Hall–Kier alpha value is -1.66. The van der Waals surface area contributed by atoms with Crippen molar-refractivity contribution in [2.75, 3.05) is 30.6 Å². The average molecular weight is 437 g/mol. The number of hydrogen-bond donors (Lipinski definition) is 6. The van der Waals surface area contributed by atoms with Gasteiger partial charge in [-0.15, -0.1) is 0 Å². The van der Waals surface area contributed by atoms with Gasteiger partial charge in [-0.3, -0.25) is 14.6 Å². The van der Waals surface area contributed by atoms with Crippen LogP contribution in [0, 0.1) is 0 Å². The van der Waals surface area contributed by atoms with Crippen molar-refractivity contribution in [3.63, 3.8) is 0 Å². The van der Waals surface area contributed by atoms with Crippen LogP contribution < -0.4 is 27.8 Å². The quantitative estimate of drug-likeness (QED) is 0.106. The van der Waals surface area contributed by atoms with Gasteiger partial charge in [0.2, 0.25) is 11.8 Å². The third-order valence-electron chi connectivity index (χ3n) is 3.77. The number of hydrogen-bond acceptors (Lipinski definition) is 7. The van der Waals surface area contributed by atoms with Crippen LogP contribution >= 0.6 is 23.5 Å². The van der Waals surface area contributed by atoms with Crippen molar-refractivity contribution in [2.24, 2.45) is 22.2 Å². The third kappa shape index (κ3) is 11.9. The van der Waals surface area contributed by atoms with Gasteiger partial charge in [0.15, 0.2) is 5.96 Å². The first-order chi connectivity index (χ1) is 13.2. The van der Waals surface area contributed by atoms with Crippen LogP contribution in [0.3, 0.4) is 0 Å². The van der Waals surface area contributed by atoms with Crippen molar-refractivity contribution in [3.05, 3.63) is 0 Å². The molecule has 28 heavy (non-hydrogen) atoms. The average Bonchev–Trinajstić information content (AvgIpc) is 2.64. The van der Waals surface area contributed by atoms with Crippen LogP contribution in [0.2, 0.25) is 0 Å². The Bertz CT molecular complexity index is 531. The van der Waals surface area contributed by atoms with Crippen molar-refractivity contribution < 1.29 is 19.5 Å². The molecule has 0 fully saturated rings. The SMILES string of the molecule is CSCCC(N)C(=O)NC(CCSC)C(=O)NC(CCCN=C(N)N)C(=O)O. The Morgan fingerprint density at radius 1 is 0.964 bits per heavy atom. The van der Waals surface area contributed by atoms with Crippen LogP contribution in [0.25, 0.3) is 0 Å². The number of carbonyl (C=O) groups is 3. The summed E-state index contributed by atoms with van der Waals surface area (Å²) < 4.78 is 0. The highest BCUT2D eigenvalue weighted by Gasteiger charge is 2.27. The highest BCUT2D eigenvalue weighted by Crippen LogP contribution is 2.06. The van der Waals surface area contributed by atoms with E-state index in [9.17, 15) is 19.5 Å². The lowest BCUT2D eigenvalue weighted by molar-refractivity contribution is -0.142. The maximum atomic E-state index is 12.6. The van der Waals surface area contributed by atoms with Crippen LogP contribution in [0.15, 0.2) is 4.99 Å². The second kappa shape index (κ2) is 15.3. The van der Waals surface area contributed by atoms with E-state index in [2.05, 4.69) is 15.6 Å². The number of nitrogens with two attached hydrogens (primary N) is 3. The fourth-order valence-electron chi connectivity index (χ4n) is 2.19. The summed E-state index contributed by atoms with van der Waals surface area (Å²) in [6, 6.07) is -2.66. The number of rotatable bonds is 15. The van der Waals surface area contributed by atoms with Crippen molar-refractivity contribution in [1.82, 2.24) is 10.6 Å². The van der Waals surface area contributed by atoms with Gasteiger partial charge in [0.25, 0.3) is 0 Å². The smallest absolute Gasteiger partial charge is 0.326 e. The van der Waals surface area contributed by atoms with Crippen molar-refractivity contribution >= 4 is 47.3 Å². The van der Waals surface area contributed by atoms with Crippen molar-refractivity contribution in [2.45, 2.75) is 43.8 Å². The van der Waals surface area contributed by atoms with E-state index in [1.807, 2.05) is 12.5 Å². The van der Waals surface area contributed by atoms with Crippen molar-refractivity contribution in [3.8, 4) is 0 Å². The molecule has 162 valence electrons. The molecule has 0 bridgehead atoms. The minimum Gasteiger partial charge on any atom is -0.480 e. The monoisotopic (exact) mass is 436 g/mol. The predicted octanol–water partition coefficient (Wildman–Crippen LogP) is -1.07. The predicted molar refractivity (Wildman–Crippen MR) is 115 cm³/mol. The molecule has 0 spiro atoms. The Morgan fingerprint density at radius 3 is 2.07 bits per heavy atom. The van der Waals surface area contributed by atoms with Gasteiger partial charge in [-0.1, -0.05) is 0 Å². The van der Waals surface area contributed by atoms with Crippen LogP contribution in [-0.2, 0) is 14.4 Å². The van der Waals surface area contributed by atoms with Gasteiger partial charge in [0.1, 0.15) is 12.1 Å². The largest absolute Gasteiger partial charge is 0.480 e. The van der Waals surface area contributed by atoms with Gasteiger partial charge in [-0.05, 0) is 49.7 Å². The number of carboxylic acid groups (broad SMARTS) is 1. The van der Waals surface area contributed by atoms with Gasteiger partial charge in [-0.25, -0.2) is 4.79 Å². The fraction of sp³-hybridized carbons (Fsp3) is 0.750. The molecule has 3 atom stereocenters. The summed E-state index contributed by atoms with van der Waals surface area (Å²) in [6.07, 6.45) is 5.20. The Morgan fingerprint density at radius 2 is 1.54 bits per heavy atom. The third-order valence-corrected chi connectivity index (χ3v) is 5.06. The molecule has 0 heterocycles. The minimum absolute atomic E-state index is 0.0754. The van der Waals surface area contributed by atoms with E-state index < -0.39 is 35.9 Å². The van der Waals surface area contributed by atoms with E-state index >= 15 is 0 Å². The molecule has 0 saturated carbocycles. The number of thioether (sulfide) groups is 2. The van der Waals surface area contributed by atoms with E-state index in [0.29, 0.717) is 25.0 Å². The molecule has 0 aromatic heterocycles. The first-order valence-electron chi connectivity index (χ1n) is 8.85. The summed E-state index contributed by atoms with van der Waals surface area (Å²) in [5.41, 5.74) is 16.3. The Balaban J connectivity index is 4.87. The first-order valence-corrected chi connectivity index (χ1v) is 11.6. The number of aliphatic carboxylic acids is 1. The normalized spacial score (nSPS) is 13.8. The maximum Gasteiger partial charge on any atom is 0.326 e. The van der Waals surface area contributed by atoms with Crippen LogP contribution in [0.5, 0.6) is 0 Å². The highest BCUT2D eigenvalue weighted by atomic mass is 32.2. The number of carbonyl (C=O) groups excluding carboxylic acids is 2. The number of aliphatic imine (C=N–C) groups is 1. The van der Waals surface area contributed by atoms with Gasteiger partial charge in [-0.2, -0.15) is 23.5 Å². The van der Waals surface area contributed by atoms with Gasteiger partial charge >= 0.3 is 5.97 Å². The zero-order chi connectivity index (χ0) is 21.5. The van der Waals surface area contributed by atoms with Gasteiger partial charge in [0.05, 0.1) is 6.04 Å². The summed E-state index contributed by atoms with van der Waals surface area (Å²) >= 11 is 3.10. The minimum atomic E-state index is -1.16. The Kier molecular flexibility index (Phi) is 14.4. The molecule has 0 radical (unpaired) electrons. The maximum absolute atomic E-state index is 12.6. The van der Waals surface area contributed by atoms with E-state index in [4.69, 9.17) is 17.2 Å². The van der Waals surface area contributed by atoms with Crippen LogP contribution in [-0.4, -0.2) is 77.5 Å². The number of nitrogens with zero attached hydrogens (tertiary/aromatic N) is 1. The summed E-state index contributed by atoms with van der Waals surface area (Å²) in [6.45, 7) is 0.263. The summed E-state index contributed by atoms with van der Waals surface area (Å²) in [4.78, 5) is 40.0. The van der Waals surface area contributed by atoms with E-state index in [1.54, 1.807) is 11.8 Å². The molecule has 0 aliphatic rings. The topological polar surface area (TPSA) is 186 Å². The molecule has 0 saturated heterocycles. The molecule has 10 nitrogen and oxygen atoms in total. The molecule has 0 aliphatic heterocycles. The lowest BCUT2D eigenvalue weighted by Gasteiger charge is -2.22. The van der Waals surface area contributed by atoms with E-state index in [-0.39, 0.29) is 18.9 Å². The molecule has 9 N–H and O–H groups in total. The molecule has 2 amide bonds. The number of nitrogens with one attached hydrogen (secondary N) is 2.